The molecule has 0 N–H and O–H groups in total. The van der Waals surface area contributed by atoms with Crippen LogP contribution in [0.2, 0.25) is 0 Å². The van der Waals surface area contributed by atoms with Crippen molar-refractivity contribution in [2.24, 2.45) is 0 Å². The highest BCUT2D eigenvalue weighted by Gasteiger charge is 2.33. The monoisotopic (exact) mass is 487 g/mol. The molecule has 0 radical (unpaired) electrons. The van der Waals surface area contributed by atoms with Crippen molar-refractivity contribution < 1.29 is 19.0 Å². The normalized spacial score (nSPS) is 19.4. The highest BCUT2D eigenvalue weighted by atomic mass is 16.5. The van der Waals surface area contributed by atoms with Crippen LogP contribution in [0.15, 0.2) is 42.3 Å². The van der Waals surface area contributed by atoms with E-state index in [2.05, 4.69) is 39.6 Å². The Kier molecular flexibility index (Phi) is 6.29. The summed E-state index contributed by atoms with van der Waals surface area (Å²) in [6.07, 6.45) is 5.06. The molecule has 2 aromatic carbocycles. The maximum Gasteiger partial charge on any atom is 0.231 e. The molecule has 3 aliphatic rings. The van der Waals surface area contributed by atoms with Crippen molar-refractivity contribution in [1.29, 1.82) is 0 Å². The number of benzene rings is 2. The number of carbonyl (C=O) groups excluding carboxylic acids is 1. The lowest BCUT2D eigenvalue weighted by Crippen LogP contribution is -2.39. The van der Waals surface area contributed by atoms with Gasteiger partial charge in [-0.25, -0.2) is 0 Å². The van der Waals surface area contributed by atoms with Crippen LogP contribution in [0.5, 0.6) is 11.5 Å². The summed E-state index contributed by atoms with van der Waals surface area (Å²) in [5.74, 6) is 1.80. The third kappa shape index (κ3) is 4.21. The Hall–Kier alpha value is -3.13. The lowest BCUT2D eigenvalue weighted by Gasteiger charge is -2.31. The van der Waals surface area contributed by atoms with E-state index in [0.29, 0.717) is 23.8 Å². The summed E-state index contributed by atoms with van der Waals surface area (Å²) < 4.78 is 20.0. The zero-order valence-electron chi connectivity index (χ0n) is 21.1. The van der Waals surface area contributed by atoms with Crippen molar-refractivity contribution in [2.45, 2.75) is 33.4 Å². The van der Waals surface area contributed by atoms with Crippen molar-refractivity contribution >= 4 is 22.8 Å². The van der Waals surface area contributed by atoms with Gasteiger partial charge in [-0.05, 0) is 45.0 Å². The zero-order chi connectivity index (χ0) is 24.6. The van der Waals surface area contributed by atoms with Crippen molar-refractivity contribution in [3.05, 3.63) is 64.5 Å². The van der Waals surface area contributed by atoms with Gasteiger partial charge in [-0.3, -0.25) is 14.6 Å². The Bertz CT molecular complexity index is 1340. The molecule has 3 aliphatic heterocycles. The molecule has 3 aromatic rings. The maximum atomic E-state index is 13.4. The number of aryl methyl sites for hydroxylation is 1. The summed E-state index contributed by atoms with van der Waals surface area (Å²) in [5.41, 5.74) is 4.75. The molecule has 188 valence electrons. The predicted octanol–water partition coefficient (Wildman–Crippen LogP) is 4.46. The number of ether oxygens (including phenoxy) is 3. The van der Waals surface area contributed by atoms with Crippen molar-refractivity contribution in [1.82, 2.24) is 14.4 Å². The third-order valence-electron chi connectivity index (χ3n) is 7.50. The van der Waals surface area contributed by atoms with Crippen LogP contribution in [0.4, 0.5) is 0 Å². The second-order valence-corrected chi connectivity index (χ2v) is 9.83. The number of allylic oxidation sites excluding steroid dienone is 1. The first-order valence-electron chi connectivity index (χ1n) is 13.0. The fourth-order valence-corrected chi connectivity index (χ4v) is 5.58. The fraction of sp³-hybridized carbons (Fsp3) is 0.414. The Morgan fingerprint density at radius 1 is 1.06 bits per heavy atom. The van der Waals surface area contributed by atoms with Crippen LogP contribution < -0.4 is 9.47 Å². The number of morpholine rings is 1. The number of carbonyl (C=O) groups is 1. The lowest BCUT2D eigenvalue weighted by molar-refractivity contribution is 0.0329. The van der Waals surface area contributed by atoms with E-state index >= 15 is 0 Å². The minimum absolute atomic E-state index is 0.0614. The first-order chi connectivity index (χ1) is 17.6. The Morgan fingerprint density at radius 3 is 2.69 bits per heavy atom. The van der Waals surface area contributed by atoms with E-state index in [1.54, 1.807) is 0 Å². The molecule has 0 atom stereocenters. The standard InChI is InChI=1S/C29H33N3O4/c1-3-32-18-21(23-7-4-5-8-25(23)32)16-26-27(33)24-15-22-17-31(10-6-9-30-11-13-34-14-12-30)19-35-28(22)20(2)29(24)36-26/h4-5,7-8,15-16,18H,3,6,9-14,17,19H2,1-2H3/b26-16-. The minimum atomic E-state index is -0.0614. The van der Waals surface area contributed by atoms with E-state index in [-0.39, 0.29) is 5.78 Å². The molecule has 0 unspecified atom stereocenters. The molecule has 6 rings (SSSR count). The summed E-state index contributed by atoms with van der Waals surface area (Å²) in [4.78, 5) is 18.2. The van der Waals surface area contributed by atoms with Gasteiger partial charge in [0.2, 0.25) is 5.78 Å². The Labute approximate surface area is 211 Å². The van der Waals surface area contributed by atoms with Crippen LogP contribution in [0.1, 0.15) is 40.4 Å². The van der Waals surface area contributed by atoms with E-state index < -0.39 is 0 Å². The van der Waals surface area contributed by atoms with Crippen LogP contribution in [0.25, 0.3) is 17.0 Å². The summed E-state index contributed by atoms with van der Waals surface area (Å²) in [7, 11) is 0. The predicted molar refractivity (Wildman–Crippen MR) is 140 cm³/mol. The molecule has 7 nitrogen and oxygen atoms in total. The van der Waals surface area contributed by atoms with Gasteiger partial charge in [0.1, 0.15) is 18.2 Å². The molecule has 7 heteroatoms. The zero-order valence-corrected chi connectivity index (χ0v) is 21.1. The minimum Gasteiger partial charge on any atom is -0.477 e. The van der Waals surface area contributed by atoms with Gasteiger partial charge in [0.15, 0.2) is 5.76 Å². The van der Waals surface area contributed by atoms with Crippen molar-refractivity contribution in [3.63, 3.8) is 0 Å². The average molecular weight is 488 g/mol. The fourth-order valence-electron chi connectivity index (χ4n) is 5.58. The third-order valence-corrected chi connectivity index (χ3v) is 7.50. The molecule has 0 bridgehead atoms. The van der Waals surface area contributed by atoms with Crippen LogP contribution >= 0.6 is 0 Å². The molecule has 36 heavy (non-hydrogen) atoms. The summed E-state index contributed by atoms with van der Waals surface area (Å²) in [6, 6.07) is 10.2. The first-order valence-corrected chi connectivity index (χ1v) is 13.0. The van der Waals surface area contributed by atoms with Gasteiger partial charge in [-0.1, -0.05) is 18.2 Å². The van der Waals surface area contributed by atoms with Gasteiger partial charge in [0.25, 0.3) is 0 Å². The SMILES string of the molecule is CCn1cc(/C=C2\Oc3c(cc4c(c3C)OCN(CCCN3CCOCC3)C4)C2=O)c2ccccc21. The van der Waals surface area contributed by atoms with Crippen LogP contribution in [-0.4, -0.2) is 66.3 Å². The topological polar surface area (TPSA) is 56.2 Å². The number of hydrogen-bond acceptors (Lipinski definition) is 6. The first kappa shape index (κ1) is 23.3. The molecule has 1 aromatic heterocycles. The summed E-state index contributed by atoms with van der Waals surface area (Å²) in [6.45, 7) is 12.0. The quantitative estimate of drug-likeness (QED) is 0.479. The molecule has 0 saturated carbocycles. The Balaban J connectivity index is 1.21. The molecule has 0 aliphatic carbocycles. The average Bonchev–Trinajstić information content (AvgIpc) is 3.42. The molecular formula is C29H33N3O4. The number of fused-ring (bicyclic) bond motifs is 3. The number of para-hydroxylation sites is 1. The lowest BCUT2D eigenvalue weighted by atomic mass is 10.00. The number of aromatic nitrogens is 1. The van der Waals surface area contributed by atoms with E-state index in [0.717, 1.165) is 92.2 Å². The molecular weight excluding hydrogens is 454 g/mol. The highest BCUT2D eigenvalue weighted by molar-refractivity contribution is 6.15. The summed E-state index contributed by atoms with van der Waals surface area (Å²) in [5, 5.41) is 1.12. The Morgan fingerprint density at radius 2 is 1.86 bits per heavy atom. The van der Waals surface area contributed by atoms with Crippen molar-refractivity contribution in [3.8, 4) is 11.5 Å². The molecule has 0 spiro atoms. The van der Waals surface area contributed by atoms with Gasteiger partial charge in [0.05, 0.1) is 18.8 Å². The molecule has 4 heterocycles. The van der Waals surface area contributed by atoms with Crippen molar-refractivity contribution in [2.75, 3.05) is 46.1 Å². The van der Waals surface area contributed by atoms with Crippen LogP contribution in [0.3, 0.4) is 0 Å². The van der Waals surface area contributed by atoms with Crippen LogP contribution in [-0.2, 0) is 17.8 Å². The molecule has 1 fully saturated rings. The van der Waals surface area contributed by atoms with E-state index in [4.69, 9.17) is 14.2 Å². The van der Waals surface area contributed by atoms with E-state index in [1.807, 2.05) is 31.2 Å². The number of rotatable bonds is 6. The maximum absolute atomic E-state index is 13.4. The highest BCUT2D eigenvalue weighted by Crippen LogP contribution is 2.43. The number of hydrogen-bond donors (Lipinski definition) is 0. The van der Waals surface area contributed by atoms with Gasteiger partial charge >= 0.3 is 0 Å². The van der Waals surface area contributed by atoms with Gasteiger partial charge in [-0.15, -0.1) is 0 Å². The number of Topliss-reactive ketones (excluding diaryl/α,β-unsaturated/α-hetero) is 1. The van der Waals surface area contributed by atoms with Gasteiger partial charge in [0, 0.05) is 66.5 Å². The summed E-state index contributed by atoms with van der Waals surface area (Å²) >= 11 is 0. The molecule has 0 amide bonds. The van der Waals surface area contributed by atoms with Gasteiger partial charge < -0.3 is 18.8 Å². The second-order valence-electron chi connectivity index (χ2n) is 9.83. The van der Waals surface area contributed by atoms with E-state index in [1.165, 1.54) is 0 Å². The second kappa shape index (κ2) is 9.73. The smallest absolute Gasteiger partial charge is 0.231 e. The van der Waals surface area contributed by atoms with Crippen LogP contribution in [0, 0.1) is 6.92 Å². The van der Waals surface area contributed by atoms with E-state index in [9.17, 15) is 4.79 Å². The largest absolute Gasteiger partial charge is 0.477 e. The number of ketones is 1. The number of nitrogens with zero attached hydrogens (tertiary/aromatic N) is 3. The van der Waals surface area contributed by atoms with Gasteiger partial charge in [-0.2, -0.15) is 0 Å². The molecule has 1 saturated heterocycles.